The van der Waals surface area contributed by atoms with Crippen LogP contribution in [0.2, 0.25) is 0 Å². The minimum Gasteiger partial charge on any atom is -0.267 e. The van der Waals surface area contributed by atoms with Crippen LogP contribution in [0.4, 0.5) is 0 Å². The van der Waals surface area contributed by atoms with E-state index in [9.17, 15) is 0 Å². The third kappa shape index (κ3) is 3.65. The number of nitrogens with zero attached hydrogens (tertiary/aromatic N) is 6. The standard InChI is InChI=1S/C18H18BrN7S/c1-2-16(25-11-14(19)8-21-25)17-22-23-18(27)26(17)15-9-20-24(12-15)10-13-6-4-3-5-7-13/h3-9,11-12,16H,2,10H2,1H3,(H,23,27). The molecular formula is C18H18BrN7S. The van der Waals surface area contributed by atoms with E-state index in [1.54, 1.807) is 6.20 Å². The van der Waals surface area contributed by atoms with E-state index in [1.165, 1.54) is 5.56 Å². The summed E-state index contributed by atoms with van der Waals surface area (Å²) in [6, 6.07) is 10.2. The van der Waals surface area contributed by atoms with Gasteiger partial charge in [-0.3, -0.25) is 19.0 Å². The predicted octanol–water partition coefficient (Wildman–Crippen LogP) is 4.13. The van der Waals surface area contributed by atoms with Gasteiger partial charge >= 0.3 is 0 Å². The second kappa shape index (κ2) is 7.61. The maximum atomic E-state index is 5.49. The minimum absolute atomic E-state index is 0.0401. The van der Waals surface area contributed by atoms with Crippen molar-refractivity contribution >= 4 is 28.1 Å². The van der Waals surface area contributed by atoms with Crippen LogP contribution in [0.5, 0.6) is 0 Å². The lowest BCUT2D eigenvalue weighted by atomic mass is 10.2. The normalized spacial score (nSPS) is 12.4. The van der Waals surface area contributed by atoms with Crippen LogP contribution in [0, 0.1) is 4.77 Å². The summed E-state index contributed by atoms with van der Waals surface area (Å²) in [6.45, 7) is 2.80. The highest BCUT2D eigenvalue weighted by molar-refractivity contribution is 9.10. The van der Waals surface area contributed by atoms with E-state index >= 15 is 0 Å². The summed E-state index contributed by atoms with van der Waals surface area (Å²) in [6.07, 6.45) is 8.32. The summed E-state index contributed by atoms with van der Waals surface area (Å²) in [5.74, 6) is 0.803. The molecule has 1 aromatic carbocycles. The SMILES string of the molecule is CCC(c1n[nH]c(=S)n1-c1cnn(Cc2ccccc2)c1)n1cc(Br)cn1. The van der Waals surface area contributed by atoms with Gasteiger partial charge in [0.15, 0.2) is 10.6 Å². The summed E-state index contributed by atoms with van der Waals surface area (Å²) in [5, 5.41) is 16.3. The number of benzene rings is 1. The molecule has 0 saturated heterocycles. The molecule has 0 saturated carbocycles. The van der Waals surface area contributed by atoms with Crippen molar-refractivity contribution in [1.82, 2.24) is 34.3 Å². The quantitative estimate of drug-likeness (QED) is 0.454. The Hall–Kier alpha value is -2.52. The van der Waals surface area contributed by atoms with Crippen LogP contribution >= 0.6 is 28.1 Å². The van der Waals surface area contributed by atoms with Gasteiger partial charge in [-0.2, -0.15) is 15.3 Å². The zero-order valence-corrected chi connectivity index (χ0v) is 17.1. The highest BCUT2D eigenvalue weighted by atomic mass is 79.9. The predicted molar refractivity (Wildman–Crippen MR) is 108 cm³/mol. The van der Waals surface area contributed by atoms with Crippen molar-refractivity contribution in [2.45, 2.75) is 25.9 Å². The number of aromatic amines is 1. The van der Waals surface area contributed by atoms with Crippen molar-refractivity contribution in [2.24, 2.45) is 0 Å². The molecule has 1 atom stereocenters. The van der Waals surface area contributed by atoms with Crippen LogP contribution in [0.15, 0.2) is 59.6 Å². The molecule has 4 aromatic rings. The number of hydrogen-bond donors (Lipinski definition) is 1. The molecule has 3 aromatic heterocycles. The van der Waals surface area contributed by atoms with Crippen molar-refractivity contribution in [1.29, 1.82) is 0 Å². The summed E-state index contributed by atoms with van der Waals surface area (Å²) in [5.41, 5.74) is 2.07. The molecule has 9 heteroatoms. The molecule has 1 unspecified atom stereocenters. The Morgan fingerprint density at radius 1 is 1.15 bits per heavy atom. The fourth-order valence-corrected chi connectivity index (χ4v) is 3.63. The maximum absolute atomic E-state index is 5.49. The van der Waals surface area contributed by atoms with Crippen molar-refractivity contribution in [3.05, 3.63) is 75.8 Å². The van der Waals surface area contributed by atoms with Crippen LogP contribution in [0.25, 0.3) is 5.69 Å². The summed E-state index contributed by atoms with van der Waals surface area (Å²) >= 11 is 8.94. The average molecular weight is 444 g/mol. The molecule has 4 rings (SSSR count). The zero-order chi connectivity index (χ0) is 18.8. The Morgan fingerprint density at radius 2 is 1.96 bits per heavy atom. The minimum atomic E-state index is -0.0401. The van der Waals surface area contributed by atoms with Crippen LogP contribution in [-0.2, 0) is 6.54 Å². The molecule has 0 fully saturated rings. The molecule has 0 aliphatic carbocycles. The molecule has 3 heterocycles. The molecule has 1 N–H and O–H groups in total. The molecule has 0 radical (unpaired) electrons. The first-order chi connectivity index (χ1) is 13.2. The lowest BCUT2D eigenvalue weighted by Crippen LogP contribution is -2.15. The van der Waals surface area contributed by atoms with Gasteiger partial charge in [-0.25, -0.2) is 0 Å². The molecule has 7 nitrogen and oxygen atoms in total. The Labute approximate surface area is 169 Å². The lowest BCUT2D eigenvalue weighted by molar-refractivity contribution is 0.477. The van der Waals surface area contributed by atoms with Gasteiger partial charge in [0.25, 0.3) is 0 Å². The third-order valence-electron chi connectivity index (χ3n) is 4.34. The largest absolute Gasteiger partial charge is 0.267 e. The van der Waals surface area contributed by atoms with Gasteiger partial charge in [-0.1, -0.05) is 37.3 Å². The first kappa shape index (κ1) is 17.9. The van der Waals surface area contributed by atoms with Gasteiger partial charge in [0, 0.05) is 12.4 Å². The van der Waals surface area contributed by atoms with Crippen LogP contribution in [0.1, 0.15) is 30.8 Å². The zero-order valence-electron chi connectivity index (χ0n) is 14.7. The van der Waals surface area contributed by atoms with E-state index in [0.29, 0.717) is 11.3 Å². The van der Waals surface area contributed by atoms with E-state index in [1.807, 2.05) is 50.7 Å². The molecular weight excluding hydrogens is 426 g/mol. The number of H-pyrrole nitrogens is 1. The highest BCUT2D eigenvalue weighted by Gasteiger charge is 2.21. The second-order valence-electron chi connectivity index (χ2n) is 6.17. The van der Waals surface area contributed by atoms with Crippen LogP contribution < -0.4 is 0 Å². The number of halogens is 1. The second-order valence-corrected chi connectivity index (χ2v) is 7.47. The van der Waals surface area contributed by atoms with Crippen molar-refractivity contribution in [3.63, 3.8) is 0 Å². The van der Waals surface area contributed by atoms with E-state index in [2.05, 4.69) is 55.4 Å². The Kier molecular flexibility index (Phi) is 5.04. The Morgan fingerprint density at radius 3 is 2.67 bits per heavy atom. The molecule has 27 heavy (non-hydrogen) atoms. The fraction of sp³-hybridized carbons (Fsp3) is 0.222. The van der Waals surface area contributed by atoms with Gasteiger partial charge in [0.05, 0.1) is 29.1 Å². The lowest BCUT2D eigenvalue weighted by Gasteiger charge is -2.15. The smallest absolute Gasteiger partial charge is 0.200 e. The molecule has 0 aliphatic rings. The van der Waals surface area contributed by atoms with Gasteiger partial charge in [-0.15, -0.1) is 0 Å². The number of rotatable bonds is 6. The van der Waals surface area contributed by atoms with Crippen LogP contribution in [0.3, 0.4) is 0 Å². The number of aromatic nitrogens is 7. The molecule has 0 aliphatic heterocycles. The van der Waals surface area contributed by atoms with E-state index < -0.39 is 0 Å². The molecule has 0 spiro atoms. The monoisotopic (exact) mass is 443 g/mol. The topological polar surface area (TPSA) is 69.2 Å². The van der Waals surface area contributed by atoms with E-state index in [4.69, 9.17) is 12.2 Å². The fourth-order valence-electron chi connectivity index (χ4n) is 3.08. The number of hydrogen-bond acceptors (Lipinski definition) is 4. The van der Waals surface area contributed by atoms with Gasteiger partial charge in [-0.05, 0) is 40.1 Å². The van der Waals surface area contributed by atoms with Gasteiger partial charge in [0.1, 0.15) is 6.04 Å². The first-order valence-corrected chi connectivity index (χ1v) is 9.79. The summed E-state index contributed by atoms with van der Waals surface area (Å²) in [7, 11) is 0. The third-order valence-corrected chi connectivity index (χ3v) is 5.02. The van der Waals surface area contributed by atoms with Crippen molar-refractivity contribution in [3.8, 4) is 5.69 Å². The molecule has 0 bridgehead atoms. The first-order valence-electron chi connectivity index (χ1n) is 8.59. The average Bonchev–Trinajstić information content (AvgIpc) is 3.38. The molecule has 0 amide bonds. The Bertz CT molecular complexity index is 1090. The van der Waals surface area contributed by atoms with Crippen molar-refractivity contribution < 1.29 is 0 Å². The number of nitrogens with one attached hydrogen (secondary N) is 1. The highest BCUT2D eigenvalue weighted by Crippen LogP contribution is 2.24. The summed E-state index contributed by atoms with van der Waals surface area (Å²) in [4.78, 5) is 0. The van der Waals surface area contributed by atoms with Gasteiger partial charge in [0.2, 0.25) is 0 Å². The Balaban J connectivity index is 1.69. The van der Waals surface area contributed by atoms with Gasteiger partial charge < -0.3 is 0 Å². The van der Waals surface area contributed by atoms with E-state index in [0.717, 1.165) is 22.4 Å². The van der Waals surface area contributed by atoms with E-state index in [-0.39, 0.29) is 6.04 Å². The van der Waals surface area contributed by atoms with Crippen molar-refractivity contribution in [2.75, 3.05) is 0 Å². The van der Waals surface area contributed by atoms with Crippen LogP contribution in [-0.4, -0.2) is 34.3 Å². The summed E-state index contributed by atoms with van der Waals surface area (Å²) < 4.78 is 7.17. The maximum Gasteiger partial charge on any atom is 0.200 e. The molecule has 138 valence electrons.